The lowest BCUT2D eigenvalue weighted by Crippen LogP contribution is -2.28. The van der Waals surface area contributed by atoms with Crippen molar-refractivity contribution in [2.45, 2.75) is 20.8 Å². The molecule has 186 valence electrons. The van der Waals surface area contributed by atoms with E-state index in [2.05, 4.69) is 20.6 Å². The number of aromatic nitrogens is 3. The highest BCUT2D eigenvalue weighted by Gasteiger charge is 2.25. The smallest absolute Gasteiger partial charge is 0.307 e. The number of hydrogen-bond donors (Lipinski definition) is 2. The van der Waals surface area contributed by atoms with E-state index in [4.69, 9.17) is 4.74 Å². The van der Waals surface area contributed by atoms with Gasteiger partial charge in [-0.2, -0.15) is 4.39 Å². The quantitative estimate of drug-likeness (QED) is 0.272. The van der Waals surface area contributed by atoms with E-state index in [1.54, 1.807) is 20.8 Å². The molecule has 2 N–H and O–H groups in total. The molecule has 0 aliphatic heterocycles. The molecule has 0 bridgehead atoms. The molecule has 0 aliphatic rings. The van der Waals surface area contributed by atoms with Crippen LogP contribution in [-0.4, -0.2) is 32.5 Å². The lowest BCUT2D eigenvalue weighted by atomic mass is 9.95. The topological polar surface area (TPSA) is 124 Å². The molecule has 0 saturated carbocycles. The second kappa shape index (κ2) is 9.25. The first-order valence-electron chi connectivity index (χ1n) is 11.0. The molecule has 0 fully saturated rings. The van der Waals surface area contributed by atoms with Gasteiger partial charge in [0.05, 0.1) is 29.6 Å². The number of anilines is 3. The Morgan fingerprint density at radius 2 is 1.92 bits per heavy atom. The fraction of sp³-hybridized carbons (Fsp3) is 0.240. The van der Waals surface area contributed by atoms with Crippen LogP contribution in [0.1, 0.15) is 20.8 Å². The molecule has 0 radical (unpaired) electrons. The number of hydrogen-bond acceptors (Lipinski definition) is 7. The zero-order valence-corrected chi connectivity index (χ0v) is 20.4. The largest absolute Gasteiger partial charge is 0.494 e. The average molecular weight is 493 g/mol. The van der Waals surface area contributed by atoms with Crippen molar-refractivity contribution in [3.05, 3.63) is 64.7 Å². The molecule has 0 spiro atoms. The van der Waals surface area contributed by atoms with Gasteiger partial charge >= 0.3 is 5.69 Å². The first-order chi connectivity index (χ1) is 17.0. The molecule has 2 heterocycles. The summed E-state index contributed by atoms with van der Waals surface area (Å²) in [4.78, 5) is 32.1. The average Bonchev–Trinajstić information content (AvgIpc) is 3.16. The Kier molecular flexibility index (Phi) is 6.32. The zero-order valence-electron chi connectivity index (χ0n) is 20.4. The number of carbonyl (C=O) groups excluding carboxylic acids is 1. The van der Waals surface area contributed by atoms with Crippen LogP contribution >= 0.6 is 0 Å². The highest BCUT2D eigenvalue weighted by molar-refractivity contribution is 6.02. The number of ether oxygens (including phenoxy) is 1. The van der Waals surface area contributed by atoms with E-state index in [0.717, 1.165) is 28.6 Å². The van der Waals surface area contributed by atoms with Crippen molar-refractivity contribution in [1.29, 1.82) is 0 Å². The molecule has 2 aromatic heterocycles. The van der Waals surface area contributed by atoms with Crippen LogP contribution in [0.25, 0.3) is 22.2 Å². The molecule has 10 nitrogen and oxygen atoms in total. The maximum atomic E-state index is 14.1. The molecule has 4 rings (SSSR count). The molecule has 0 saturated heterocycles. The Labute approximate surface area is 206 Å². The fourth-order valence-electron chi connectivity index (χ4n) is 3.65. The Bertz CT molecular complexity index is 1490. The molecule has 0 unspecified atom stereocenters. The highest BCUT2D eigenvalue weighted by Crippen LogP contribution is 2.37. The first-order valence-corrected chi connectivity index (χ1v) is 11.0. The number of carbonyl (C=O) groups is 1. The normalized spacial score (nSPS) is 11.4. The Balaban J connectivity index is 1.85. The molecular weight excluding hydrogens is 467 g/mol. The van der Waals surface area contributed by atoms with Gasteiger partial charge in [-0.25, -0.2) is 9.97 Å². The Hall–Kier alpha value is -4.54. The standard InChI is InChI=1S/C25H25FN6O4/c1-25(2,3)23(33)28-18-12-27-24(29-17-11-20(32(34)35)16(26)10-21(17)36-5)30-22(18)15-13-31(4)19-9-7-6-8-14(15)19/h6-13H,1-5H3,(H,28,33)(H,27,29,30). The predicted molar refractivity (Wildman–Crippen MR) is 135 cm³/mol. The van der Waals surface area contributed by atoms with Crippen molar-refractivity contribution < 1.29 is 18.8 Å². The zero-order chi connectivity index (χ0) is 26.2. The number of methoxy groups -OCH3 is 1. The van der Waals surface area contributed by atoms with Gasteiger partial charge in [-0.3, -0.25) is 14.9 Å². The number of para-hydroxylation sites is 1. The van der Waals surface area contributed by atoms with E-state index < -0.39 is 21.8 Å². The van der Waals surface area contributed by atoms with Crippen LogP contribution < -0.4 is 15.4 Å². The molecule has 0 aliphatic carbocycles. The van der Waals surface area contributed by atoms with Crippen molar-refractivity contribution >= 4 is 39.8 Å². The van der Waals surface area contributed by atoms with E-state index in [1.165, 1.54) is 13.3 Å². The summed E-state index contributed by atoms with van der Waals surface area (Å²) in [6, 6.07) is 9.68. The minimum absolute atomic E-state index is 0.0403. The van der Waals surface area contributed by atoms with Crippen LogP contribution in [0, 0.1) is 21.3 Å². The fourth-order valence-corrected chi connectivity index (χ4v) is 3.65. The van der Waals surface area contributed by atoms with Crippen molar-refractivity contribution in [2.24, 2.45) is 12.5 Å². The van der Waals surface area contributed by atoms with Crippen LogP contribution in [0.5, 0.6) is 5.75 Å². The molecule has 1 amide bonds. The number of nitrogens with one attached hydrogen (secondary N) is 2. The molecule has 4 aromatic rings. The van der Waals surface area contributed by atoms with Gasteiger partial charge in [-0.1, -0.05) is 39.0 Å². The third-order valence-corrected chi connectivity index (χ3v) is 5.58. The number of nitro benzene ring substituents is 1. The Morgan fingerprint density at radius 1 is 1.19 bits per heavy atom. The number of aryl methyl sites for hydroxylation is 1. The lowest BCUT2D eigenvalue weighted by Gasteiger charge is -2.19. The summed E-state index contributed by atoms with van der Waals surface area (Å²) in [6.45, 7) is 5.39. The van der Waals surface area contributed by atoms with Gasteiger partial charge in [0.2, 0.25) is 17.7 Å². The monoisotopic (exact) mass is 492 g/mol. The van der Waals surface area contributed by atoms with E-state index in [-0.39, 0.29) is 23.3 Å². The van der Waals surface area contributed by atoms with Gasteiger partial charge in [0, 0.05) is 47.3 Å². The van der Waals surface area contributed by atoms with Gasteiger partial charge in [0.1, 0.15) is 11.4 Å². The van der Waals surface area contributed by atoms with Gasteiger partial charge in [0.25, 0.3) is 0 Å². The molecule has 36 heavy (non-hydrogen) atoms. The lowest BCUT2D eigenvalue weighted by molar-refractivity contribution is -0.387. The predicted octanol–water partition coefficient (Wildman–Crippen LogP) is 5.42. The van der Waals surface area contributed by atoms with Crippen LogP contribution in [0.2, 0.25) is 0 Å². The number of halogens is 1. The minimum Gasteiger partial charge on any atom is -0.494 e. The van der Waals surface area contributed by atoms with Crippen LogP contribution in [-0.2, 0) is 11.8 Å². The summed E-state index contributed by atoms with van der Waals surface area (Å²) in [5.41, 5.74) is 1.28. The number of amides is 1. The summed E-state index contributed by atoms with van der Waals surface area (Å²) >= 11 is 0. The van der Waals surface area contributed by atoms with Gasteiger partial charge in [0.15, 0.2) is 0 Å². The van der Waals surface area contributed by atoms with Crippen LogP contribution in [0.15, 0.2) is 48.8 Å². The maximum absolute atomic E-state index is 14.1. The van der Waals surface area contributed by atoms with E-state index in [0.29, 0.717) is 11.4 Å². The molecule has 11 heteroatoms. The second-order valence-electron chi connectivity index (χ2n) is 9.22. The Morgan fingerprint density at radius 3 is 2.58 bits per heavy atom. The SMILES string of the molecule is COc1cc(F)c([N+](=O)[O-])cc1Nc1ncc(NC(=O)C(C)(C)C)c(-c2cn(C)c3ccccc23)n1. The molecular formula is C25H25FN6O4. The first kappa shape index (κ1) is 24.6. The highest BCUT2D eigenvalue weighted by atomic mass is 19.1. The molecule has 0 atom stereocenters. The summed E-state index contributed by atoms with van der Waals surface area (Å²) in [5, 5.41) is 17.9. The number of nitrogens with zero attached hydrogens (tertiary/aromatic N) is 4. The van der Waals surface area contributed by atoms with Gasteiger partial charge in [-0.05, 0) is 6.07 Å². The number of nitro groups is 1. The summed E-state index contributed by atoms with van der Waals surface area (Å²) in [7, 11) is 3.22. The van der Waals surface area contributed by atoms with Gasteiger partial charge in [-0.15, -0.1) is 0 Å². The third-order valence-electron chi connectivity index (χ3n) is 5.58. The third kappa shape index (κ3) is 4.67. The second-order valence-corrected chi connectivity index (χ2v) is 9.22. The summed E-state index contributed by atoms with van der Waals surface area (Å²) in [6.07, 6.45) is 3.35. The van der Waals surface area contributed by atoms with Crippen LogP contribution in [0.3, 0.4) is 0 Å². The van der Waals surface area contributed by atoms with Crippen molar-refractivity contribution in [3.8, 4) is 17.0 Å². The number of benzene rings is 2. The van der Waals surface area contributed by atoms with Crippen molar-refractivity contribution in [2.75, 3.05) is 17.7 Å². The summed E-state index contributed by atoms with van der Waals surface area (Å²) in [5.74, 6) is -1.13. The molecule has 2 aromatic carbocycles. The number of fused-ring (bicyclic) bond motifs is 1. The maximum Gasteiger partial charge on any atom is 0.307 e. The van der Waals surface area contributed by atoms with Gasteiger partial charge < -0.3 is 19.9 Å². The summed E-state index contributed by atoms with van der Waals surface area (Å²) < 4.78 is 21.2. The van der Waals surface area contributed by atoms with E-state index in [9.17, 15) is 19.3 Å². The van der Waals surface area contributed by atoms with E-state index in [1.807, 2.05) is 42.1 Å². The van der Waals surface area contributed by atoms with Crippen molar-refractivity contribution in [1.82, 2.24) is 14.5 Å². The van der Waals surface area contributed by atoms with E-state index >= 15 is 0 Å². The van der Waals surface area contributed by atoms with Crippen LogP contribution in [0.4, 0.5) is 27.4 Å². The number of rotatable bonds is 6. The minimum atomic E-state index is -1.03. The van der Waals surface area contributed by atoms with Crippen molar-refractivity contribution in [3.63, 3.8) is 0 Å².